The zero-order valence-electron chi connectivity index (χ0n) is 12.5. The van der Waals surface area contributed by atoms with Gasteiger partial charge in [-0.1, -0.05) is 13.3 Å². The molecule has 0 spiro atoms. The molecule has 0 radical (unpaired) electrons. The molecule has 2 rings (SSSR count). The summed E-state index contributed by atoms with van der Waals surface area (Å²) in [6.07, 6.45) is 3.04. The minimum atomic E-state index is -0.882. The van der Waals surface area contributed by atoms with Gasteiger partial charge in [-0.2, -0.15) is 0 Å². The lowest BCUT2D eigenvalue weighted by atomic mass is 10.0. The highest BCUT2D eigenvalue weighted by atomic mass is 32.1. The first-order valence-corrected chi connectivity index (χ1v) is 8.01. The van der Waals surface area contributed by atoms with Crippen molar-refractivity contribution < 1.29 is 14.7 Å². The van der Waals surface area contributed by atoms with Crippen LogP contribution in [0.3, 0.4) is 0 Å². The second kappa shape index (κ2) is 7.22. The molecule has 2 aromatic heterocycles. The van der Waals surface area contributed by atoms with Gasteiger partial charge in [-0.15, -0.1) is 11.3 Å². The quantitative estimate of drug-likeness (QED) is 0.730. The number of aromatic nitrogens is 2. The van der Waals surface area contributed by atoms with E-state index in [0.717, 1.165) is 22.7 Å². The molecule has 0 saturated carbocycles. The summed E-state index contributed by atoms with van der Waals surface area (Å²) >= 11 is 1.55. The summed E-state index contributed by atoms with van der Waals surface area (Å²) in [5.74, 6) is -1.74. The molecule has 1 amide bonds. The van der Waals surface area contributed by atoms with E-state index in [0.29, 0.717) is 12.1 Å². The van der Waals surface area contributed by atoms with Gasteiger partial charge in [-0.05, 0) is 19.4 Å². The molecule has 2 aromatic rings. The van der Waals surface area contributed by atoms with Gasteiger partial charge < -0.3 is 15.4 Å². The van der Waals surface area contributed by atoms with Gasteiger partial charge in [0, 0.05) is 23.7 Å². The Hall–Kier alpha value is -2.15. The van der Waals surface area contributed by atoms with Crippen molar-refractivity contribution in [3.05, 3.63) is 28.3 Å². The minimum absolute atomic E-state index is 0.131. The monoisotopic (exact) mass is 321 g/mol. The number of carboxylic acid groups (broad SMARTS) is 1. The number of carbonyl (C=O) groups excluding carboxylic acids is 1. The third-order valence-electron chi connectivity index (χ3n) is 3.34. The van der Waals surface area contributed by atoms with Gasteiger partial charge in [-0.3, -0.25) is 9.59 Å². The molecule has 7 heteroatoms. The van der Waals surface area contributed by atoms with Crippen molar-refractivity contribution in [1.29, 1.82) is 0 Å². The molecule has 1 unspecified atom stereocenters. The predicted octanol–water partition coefficient (Wildman–Crippen LogP) is 2.68. The highest BCUT2D eigenvalue weighted by Gasteiger charge is 2.18. The van der Waals surface area contributed by atoms with Crippen LogP contribution in [0.4, 0.5) is 0 Å². The minimum Gasteiger partial charge on any atom is -0.481 e. The van der Waals surface area contributed by atoms with Crippen LogP contribution in [0.5, 0.6) is 0 Å². The van der Waals surface area contributed by atoms with Gasteiger partial charge in [0.15, 0.2) is 0 Å². The van der Waals surface area contributed by atoms with Crippen LogP contribution in [0, 0.1) is 12.8 Å². The van der Waals surface area contributed by atoms with Crippen LogP contribution in [0.25, 0.3) is 11.3 Å². The smallest absolute Gasteiger partial charge is 0.308 e. The standard InChI is InChI=1S/C15H19N3O3S/c1-3-4-10(15(20)21)6-17-14(19)12-5-11(7-16-12)13-8-22-9(2)18-13/h5,7-8,10,16H,3-4,6H2,1-2H3,(H,17,19)(H,20,21). The Bertz CT molecular complexity index is 663. The molecule has 1 atom stereocenters. The fourth-order valence-corrected chi connectivity index (χ4v) is 2.76. The molecule has 0 aromatic carbocycles. The Morgan fingerprint density at radius 1 is 1.50 bits per heavy atom. The Kier molecular flexibility index (Phi) is 5.32. The number of nitrogens with one attached hydrogen (secondary N) is 2. The van der Waals surface area contributed by atoms with E-state index in [-0.39, 0.29) is 12.5 Å². The van der Waals surface area contributed by atoms with E-state index in [1.165, 1.54) is 0 Å². The summed E-state index contributed by atoms with van der Waals surface area (Å²) in [4.78, 5) is 30.4. The van der Waals surface area contributed by atoms with Crippen LogP contribution in [-0.2, 0) is 4.79 Å². The zero-order chi connectivity index (χ0) is 16.1. The highest BCUT2D eigenvalue weighted by Crippen LogP contribution is 2.22. The van der Waals surface area contributed by atoms with Crippen LogP contribution in [0.15, 0.2) is 17.6 Å². The molecule has 0 aliphatic carbocycles. The topological polar surface area (TPSA) is 95.1 Å². The molecule has 0 bridgehead atoms. The number of H-pyrrole nitrogens is 1. The summed E-state index contributed by atoms with van der Waals surface area (Å²) in [6.45, 7) is 3.98. The fraction of sp³-hybridized carbons (Fsp3) is 0.400. The van der Waals surface area contributed by atoms with Gasteiger partial charge in [0.2, 0.25) is 0 Å². The van der Waals surface area contributed by atoms with E-state index in [1.807, 2.05) is 19.2 Å². The van der Waals surface area contributed by atoms with Crippen molar-refractivity contribution in [3.8, 4) is 11.3 Å². The average molecular weight is 321 g/mol. The first-order chi connectivity index (χ1) is 10.5. The zero-order valence-corrected chi connectivity index (χ0v) is 13.4. The lowest BCUT2D eigenvalue weighted by Gasteiger charge is -2.11. The van der Waals surface area contributed by atoms with Crippen LogP contribution in [0.2, 0.25) is 0 Å². The fourth-order valence-electron chi connectivity index (χ4n) is 2.14. The van der Waals surface area contributed by atoms with Gasteiger partial charge in [0.1, 0.15) is 5.69 Å². The van der Waals surface area contributed by atoms with Crippen molar-refractivity contribution in [2.75, 3.05) is 6.54 Å². The Morgan fingerprint density at radius 2 is 2.27 bits per heavy atom. The van der Waals surface area contributed by atoms with E-state index in [9.17, 15) is 9.59 Å². The SMILES string of the molecule is CCCC(CNC(=O)c1cc(-c2csc(C)n2)c[nH]1)C(=O)O. The molecular formula is C15H19N3O3S. The van der Waals surface area contributed by atoms with E-state index >= 15 is 0 Å². The molecule has 0 fully saturated rings. The molecule has 3 N–H and O–H groups in total. The molecule has 22 heavy (non-hydrogen) atoms. The van der Waals surface area contributed by atoms with Crippen LogP contribution >= 0.6 is 11.3 Å². The van der Waals surface area contributed by atoms with Gasteiger partial charge in [0.25, 0.3) is 5.91 Å². The Morgan fingerprint density at radius 3 is 2.86 bits per heavy atom. The number of rotatable bonds is 7. The van der Waals surface area contributed by atoms with Crippen LogP contribution in [-0.4, -0.2) is 33.5 Å². The number of thiazole rings is 1. The number of hydrogen-bond acceptors (Lipinski definition) is 4. The van der Waals surface area contributed by atoms with Crippen LogP contribution in [0.1, 0.15) is 35.3 Å². The third-order valence-corrected chi connectivity index (χ3v) is 4.11. The second-order valence-corrected chi connectivity index (χ2v) is 6.15. The Labute approximate surface area is 132 Å². The van der Waals surface area contributed by atoms with Crippen molar-refractivity contribution >= 4 is 23.2 Å². The summed E-state index contributed by atoms with van der Waals surface area (Å²) in [6, 6.07) is 1.72. The molecule has 2 heterocycles. The van der Waals surface area contributed by atoms with E-state index in [4.69, 9.17) is 5.11 Å². The molecule has 0 aliphatic heterocycles. The number of amides is 1. The van der Waals surface area contributed by atoms with Gasteiger partial charge in [-0.25, -0.2) is 4.98 Å². The molecular weight excluding hydrogens is 302 g/mol. The first kappa shape index (κ1) is 16.2. The predicted molar refractivity (Wildman–Crippen MR) is 85.0 cm³/mol. The van der Waals surface area contributed by atoms with Crippen molar-refractivity contribution in [1.82, 2.24) is 15.3 Å². The lowest BCUT2D eigenvalue weighted by Crippen LogP contribution is -2.33. The van der Waals surface area contributed by atoms with Crippen molar-refractivity contribution in [3.63, 3.8) is 0 Å². The summed E-state index contributed by atoms with van der Waals surface area (Å²) in [5.41, 5.74) is 2.08. The highest BCUT2D eigenvalue weighted by molar-refractivity contribution is 7.09. The summed E-state index contributed by atoms with van der Waals surface area (Å²) in [7, 11) is 0. The molecule has 6 nitrogen and oxygen atoms in total. The largest absolute Gasteiger partial charge is 0.481 e. The lowest BCUT2D eigenvalue weighted by molar-refractivity contribution is -0.141. The maximum atomic E-state index is 12.1. The summed E-state index contributed by atoms with van der Waals surface area (Å²) < 4.78 is 0. The normalized spacial score (nSPS) is 12.1. The maximum Gasteiger partial charge on any atom is 0.308 e. The third kappa shape index (κ3) is 3.94. The van der Waals surface area contributed by atoms with Crippen molar-refractivity contribution in [2.24, 2.45) is 5.92 Å². The second-order valence-electron chi connectivity index (χ2n) is 5.09. The maximum absolute atomic E-state index is 12.1. The summed E-state index contributed by atoms with van der Waals surface area (Å²) in [5, 5.41) is 14.6. The number of aryl methyl sites for hydroxylation is 1. The van der Waals surface area contributed by atoms with Gasteiger partial charge in [0.05, 0.1) is 16.6 Å². The number of carboxylic acids is 1. The van der Waals surface area contributed by atoms with Crippen LogP contribution < -0.4 is 5.32 Å². The van der Waals surface area contributed by atoms with E-state index in [2.05, 4.69) is 15.3 Å². The van der Waals surface area contributed by atoms with Crippen molar-refractivity contribution in [2.45, 2.75) is 26.7 Å². The average Bonchev–Trinajstić information content (AvgIpc) is 3.11. The number of carbonyl (C=O) groups is 2. The van der Waals surface area contributed by atoms with Gasteiger partial charge >= 0.3 is 5.97 Å². The Balaban J connectivity index is 1.98. The number of nitrogens with zero attached hydrogens (tertiary/aromatic N) is 1. The number of aliphatic carboxylic acids is 1. The molecule has 0 aliphatic rings. The van der Waals surface area contributed by atoms with E-state index in [1.54, 1.807) is 23.6 Å². The molecule has 118 valence electrons. The number of hydrogen-bond donors (Lipinski definition) is 3. The number of aromatic amines is 1. The first-order valence-electron chi connectivity index (χ1n) is 7.13. The molecule has 0 saturated heterocycles. The van der Waals surface area contributed by atoms with E-state index < -0.39 is 11.9 Å².